The maximum atomic E-state index is 13.6. The molecule has 4 amide bonds. The van der Waals surface area contributed by atoms with Gasteiger partial charge in [0.1, 0.15) is 5.54 Å². The minimum Gasteiger partial charge on any atom is -0.348 e. The molecule has 3 heterocycles. The predicted molar refractivity (Wildman–Crippen MR) is 114 cm³/mol. The molecule has 2 aromatic rings. The highest BCUT2D eigenvalue weighted by molar-refractivity contribution is 7.17. The molecule has 0 radical (unpaired) electrons. The molecule has 1 saturated heterocycles. The number of urea groups is 1. The standard InChI is InChI=1S/C22H20F2N4O4S/c1-11-16(12-3-2-4-13-14(12)9-25-17(13)30)33-18(26-11)15(29)10-28-19(31)21(27-20(28)32)5-7-22(23,24)8-6-21/h2-4H,5-10H2,1H3,(H,25,30)(H,27,32). The van der Waals surface area contributed by atoms with Crippen LogP contribution in [0.25, 0.3) is 10.4 Å². The van der Waals surface area contributed by atoms with Crippen LogP contribution < -0.4 is 10.6 Å². The number of halogens is 2. The molecule has 11 heteroatoms. The summed E-state index contributed by atoms with van der Waals surface area (Å²) in [6.45, 7) is 1.62. The zero-order valence-electron chi connectivity index (χ0n) is 17.7. The molecule has 1 aromatic heterocycles. The van der Waals surface area contributed by atoms with Crippen LogP contribution in [0.2, 0.25) is 0 Å². The molecular weight excluding hydrogens is 454 g/mol. The Morgan fingerprint density at radius 1 is 1.15 bits per heavy atom. The second-order valence-electron chi connectivity index (χ2n) is 8.63. The summed E-state index contributed by atoms with van der Waals surface area (Å²) in [7, 11) is 0. The van der Waals surface area contributed by atoms with Crippen molar-refractivity contribution in [2.24, 2.45) is 0 Å². The van der Waals surface area contributed by atoms with Crippen molar-refractivity contribution in [3.8, 4) is 10.4 Å². The van der Waals surface area contributed by atoms with Gasteiger partial charge in [-0.2, -0.15) is 0 Å². The number of benzene rings is 1. The van der Waals surface area contributed by atoms with Crippen molar-refractivity contribution in [1.29, 1.82) is 0 Å². The number of Topliss-reactive ketones (excluding diaryl/α,β-unsaturated/α-hetero) is 1. The quantitative estimate of drug-likeness (QED) is 0.523. The Bertz CT molecular complexity index is 1210. The molecule has 0 bridgehead atoms. The highest BCUT2D eigenvalue weighted by Crippen LogP contribution is 2.41. The maximum absolute atomic E-state index is 13.6. The van der Waals surface area contributed by atoms with Crippen molar-refractivity contribution >= 4 is 35.0 Å². The number of thiazole rings is 1. The van der Waals surface area contributed by atoms with E-state index in [1.807, 2.05) is 6.07 Å². The van der Waals surface area contributed by atoms with Crippen LogP contribution in [-0.4, -0.2) is 51.5 Å². The van der Waals surface area contributed by atoms with Crippen LogP contribution in [-0.2, 0) is 11.3 Å². The first-order valence-electron chi connectivity index (χ1n) is 10.5. The van der Waals surface area contributed by atoms with Gasteiger partial charge in [0.15, 0.2) is 5.01 Å². The largest absolute Gasteiger partial charge is 0.348 e. The van der Waals surface area contributed by atoms with Gasteiger partial charge >= 0.3 is 6.03 Å². The number of imide groups is 1. The summed E-state index contributed by atoms with van der Waals surface area (Å²) >= 11 is 1.13. The number of fused-ring (bicyclic) bond motifs is 1. The summed E-state index contributed by atoms with van der Waals surface area (Å²) in [6.07, 6.45) is -1.31. The smallest absolute Gasteiger partial charge is 0.325 e. The highest BCUT2D eigenvalue weighted by Gasteiger charge is 2.55. The van der Waals surface area contributed by atoms with Crippen molar-refractivity contribution in [2.45, 2.75) is 50.6 Å². The van der Waals surface area contributed by atoms with Gasteiger partial charge in [-0.3, -0.25) is 19.3 Å². The molecule has 2 fully saturated rings. The van der Waals surface area contributed by atoms with E-state index >= 15 is 0 Å². The van der Waals surface area contributed by atoms with Crippen molar-refractivity contribution in [3.63, 3.8) is 0 Å². The first-order chi connectivity index (χ1) is 15.6. The van der Waals surface area contributed by atoms with E-state index in [1.165, 1.54) is 0 Å². The average Bonchev–Trinajstić information content (AvgIpc) is 3.41. The fraction of sp³-hybridized carbons (Fsp3) is 0.409. The lowest BCUT2D eigenvalue weighted by atomic mass is 9.80. The van der Waals surface area contributed by atoms with Crippen LogP contribution in [0.4, 0.5) is 13.6 Å². The number of nitrogens with zero attached hydrogens (tertiary/aromatic N) is 2. The number of amides is 4. The molecular formula is C22H20F2N4O4S. The molecule has 3 aliphatic rings. The Kier molecular flexibility index (Phi) is 4.85. The Morgan fingerprint density at radius 2 is 1.85 bits per heavy atom. The first kappa shape index (κ1) is 21.6. The Hall–Kier alpha value is -3.21. The van der Waals surface area contributed by atoms with Crippen molar-refractivity contribution < 1.29 is 28.0 Å². The molecule has 172 valence electrons. The molecule has 1 spiro atoms. The summed E-state index contributed by atoms with van der Waals surface area (Å²) in [5.74, 6) is -4.17. The van der Waals surface area contributed by atoms with E-state index in [1.54, 1.807) is 19.1 Å². The molecule has 1 aliphatic carbocycles. The number of aryl methyl sites for hydroxylation is 1. The van der Waals surface area contributed by atoms with Crippen LogP contribution in [0.15, 0.2) is 18.2 Å². The molecule has 1 saturated carbocycles. The summed E-state index contributed by atoms with van der Waals surface area (Å²) < 4.78 is 27.1. The molecule has 0 unspecified atom stereocenters. The van der Waals surface area contributed by atoms with E-state index in [0.717, 1.165) is 32.2 Å². The van der Waals surface area contributed by atoms with Gasteiger partial charge in [-0.05, 0) is 37.0 Å². The van der Waals surface area contributed by atoms with Crippen LogP contribution >= 0.6 is 11.3 Å². The van der Waals surface area contributed by atoms with Gasteiger partial charge in [0, 0.05) is 24.9 Å². The van der Waals surface area contributed by atoms with Crippen LogP contribution in [0.1, 0.15) is 57.1 Å². The van der Waals surface area contributed by atoms with E-state index in [4.69, 9.17) is 0 Å². The lowest BCUT2D eigenvalue weighted by Crippen LogP contribution is -2.51. The highest BCUT2D eigenvalue weighted by atomic mass is 32.1. The second-order valence-corrected chi connectivity index (χ2v) is 9.63. The fourth-order valence-corrected chi connectivity index (χ4v) is 5.69. The van der Waals surface area contributed by atoms with Crippen LogP contribution in [0, 0.1) is 6.92 Å². The predicted octanol–water partition coefficient (Wildman–Crippen LogP) is 3.04. The molecule has 5 rings (SSSR count). The van der Waals surface area contributed by atoms with Gasteiger partial charge in [-0.15, -0.1) is 11.3 Å². The topological polar surface area (TPSA) is 108 Å². The van der Waals surface area contributed by atoms with Crippen LogP contribution in [0.5, 0.6) is 0 Å². The van der Waals surface area contributed by atoms with Gasteiger partial charge in [0.25, 0.3) is 11.8 Å². The van der Waals surface area contributed by atoms with Crippen molar-refractivity contribution in [2.75, 3.05) is 6.54 Å². The third kappa shape index (κ3) is 3.50. The van der Waals surface area contributed by atoms with E-state index in [0.29, 0.717) is 17.8 Å². The summed E-state index contributed by atoms with van der Waals surface area (Å²) in [5, 5.41) is 5.45. The van der Waals surface area contributed by atoms with Crippen molar-refractivity contribution in [3.05, 3.63) is 40.0 Å². The van der Waals surface area contributed by atoms with Crippen molar-refractivity contribution in [1.82, 2.24) is 20.5 Å². The number of nitrogens with one attached hydrogen (secondary N) is 2. The molecule has 2 aliphatic heterocycles. The number of hydrogen-bond acceptors (Lipinski definition) is 6. The normalized spacial score (nSPS) is 20.7. The first-order valence-corrected chi connectivity index (χ1v) is 11.3. The molecule has 1 aromatic carbocycles. The molecule has 0 atom stereocenters. The summed E-state index contributed by atoms with van der Waals surface area (Å²) in [6, 6.07) is 4.60. The number of hydrogen-bond donors (Lipinski definition) is 2. The number of aromatic nitrogens is 1. The van der Waals surface area contributed by atoms with Gasteiger partial charge in [-0.25, -0.2) is 18.6 Å². The van der Waals surface area contributed by atoms with Gasteiger partial charge in [0.2, 0.25) is 11.7 Å². The van der Waals surface area contributed by atoms with E-state index < -0.39 is 48.6 Å². The Labute approximate surface area is 191 Å². The number of rotatable bonds is 4. The minimum absolute atomic E-state index is 0.133. The second kappa shape index (κ2) is 7.41. The number of carbonyl (C=O) groups excluding carboxylic acids is 4. The van der Waals surface area contributed by atoms with Gasteiger partial charge in [-0.1, -0.05) is 12.1 Å². The summed E-state index contributed by atoms with van der Waals surface area (Å²) in [5.41, 5.74) is 1.44. The molecule has 33 heavy (non-hydrogen) atoms. The van der Waals surface area contributed by atoms with E-state index in [-0.39, 0.29) is 23.8 Å². The van der Waals surface area contributed by atoms with Gasteiger partial charge in [0.05, 0.1) is 17.1 Å². The summed E-state index contributed by atoms with van der Waals surface area (Å²) in [4.78, 5) is 56.1. The Balaban J connectivity index is 1.36. The molecule has 2 N–H and O–H groups in total. The number of ketones is 1. The number of alkyl halides is 2. The fourth-order valence-electron chi connectivity index (χ4n) is 4.64. The monoisotopic (exact) mass is 474 g/mol. The van der Waals surface area contributed by atoms with E-state index in [9.17, 15) is 28.0 Å². The molecule has 8 nitrogen and oxygen atoms in total. The van der Waals surface area contributed by atoms with Gasteiger partial charge < -0.3 is 10.6 Å². The third-order valence-electron chi connectivity index (χ3n) is 6.51. The van der Waals surface area contributed by atoms with Crippen LogP contribution in [0.3, 0.4) is 0 Å². The SMILES string of the molecule is Cc1nc(C(=O)CN2C(=O)NC3(CCC(F)(F)CC3)C2=O)sc1-c1cccc2c1CNC2=O. The zero-order valence-corrected chi connectivity index (χ0v) is 18.5. The lowest BCUT2D eigenvalue weighted by molar-refractivity contribution is -0.135. The third-order valence-corrected chi connectivity index (χ3v) is 7.74. The van der Waals surface area contributed by atoms with E-state index in [2.05, 4.69) is 15.6 Å². The zero-order chi connectivity index (χ0) is 23.5. The average molecular weight is 474 g/mol. The minimum atomic E-state index is -2.86. The lowest BCUT2D eigenvalue weighted by Gasteiger charge is -2.34. The Morgan fingerprint density at radius 3 is 2.58 bits per heavy atom. The maximum Gasteiger partial charge on any atom is 0.325 e. The number of carbonyl (C=O) groups is 4.